The van der Waals surface area contributed by atoms with Crippen molar-refractivity contribution in [2.75, 3.05) is 7.11 Å². The molecule has 0 fully saturated rings. The maximum atomic E-state index is 12.5. The molecule has 0 aliphatic rings. The van der Waals surface area contributed by atoms with Crippen molar-refractivity contribution in [1.29, 1.82) is 0 Å². The van der Waals surface area contributed by atoms with E-state index >= 15 is 0 Å². The van der Waals surface area contributed by atoms with E-state index in [2.05, 4.69) is 0 Å². The van der Waals surface area contributed by atoms with Crippen LogP contribution in [0.3, 0.4) is 0 Å². The highest BCUT2D eigenvalue weighted by Gasteiger charge is 2.17. The van der Waals surface area contributed by atoms with Crippen LogP contribution in [-0.2, 0) is 19.0 Å². The molecule has 0 heterocycles. The number of ether oxygens (including phenoxy) is 3. The Morgan fingerprint density at radius 1 is 0.733 bits per heavy atom. The second-order valence-electron chi connectivity index (χ2n) is 6.83. The van der Waals surface area contributed by atoms with Crippen LogP contribution in [-0.4, -0.2) is 19.0 Å². The molecule has 2 atom stereocenters. The molecule has 5 heteroatoms. The van der Waals surface area contributed by atoms with Gasteiger partial charge < -0.3 is 14.2 Å². The van der Waals surface area contributed by atoms with E-state index in [9.17, 15) is 9.59 Å². The average molecular weight is 404 g/mol. The zero-order valence-electron chi connectivity index (χ0n) is 17.2. The molecule has 0 aliphatic carbocycles. The van der Waals surface area contributed by atoms with Crippen molar-refractivity contribution in [3.8, 4) is 11.1 Å². The van der Waals surface area contributed by atoms with Gasteiger partial charge in [-0.25, -0.2) is 4.79 Å². The first-order chi connectivity index (χ1) is 14.5. The van der Waals surface area contributed by atoms with Gasteiger partial charge in [-0.15, -0.1) is 0 Å². The standard InChI is InChI=1S/C25H24O5/c1-17(29-18(2)26)19-9-11-20(12-10-19)21-13-15-22(16-14-21)24(27)30-25(28-3)23-7-5-4-6-8-23/h4-17,25H,1-3H3. The highest BCUT2D eigenvalue weighted by atomic mass is 16.7. The largest absolute Gasteiger partial charge is 0.458 e. The average Bonchev–Trinajstić information content (AvgIpc) is 2.77. The Kier molecular flexibility index (Phi) is 6.99. The van der Waals surface area contributed by atoms with Gasteiger partial charge in [0, 0.05) is 19.6 Å². The fourth-order valence-electron chi connectivity index (χ4n) is 3.09. The third-order valence-electron chi connectivity index (χ3n) is 4.68. The molecule has 0 aromatic heterocycles. The van der Waals surface area contributed by atoms with Gasteiger partial charge in [0.15, 0.2) is 0 Å². The van der Waals surface area contributed by atoms with Crippen LogP contribution in [0.25, 0.3) is 11.1 Å². The van der Waals surface area contributed by atoms with E-state index in [0.29, 0.717) is 5.56 Å². The maximum Gasteiger partial charge on any atom is 0.340 e. The predicted molar refractivity (Wildman–Crippen MR) is 114 cm³/mol. The summed E-state index contributed by atoms with van der Waals surface area (Å²) in [6.07, 6.45) is -1.06. The minimum Gasteiger partial charge on any atom is -0.458 e. The normalized spacial score (nSPS) is 12.6. The first-order valence-electron chi connectivity index (χ1n) is 9.64. The first kappa shape index (κ1) is 21.3. The molecule has 0 saturated carbocycles. The molecule has 0 bridgehead atoms. The van der Waals surface area contributed by atoms with Crippen LogP contribution in [0.15, 0.2) is 78.9 Å². The van der Waals surface area contributed by atoms with Gasteiger partial charge in [-0.2, -0.15) is 0 Å². The van der Waals surface area contributed by atoms with Gasteiger partial charge >= 0.3 is 11.9 Å². The number of carbonyl (C=O) groups is 2. The van der Waals surface area contributed by atoms with E-state index in [-0.39, 0.29) is 12.1 Å². The van der Waals surface area contributed by atoms with Crippen molar-refractivity contribution in [1.82, 2.24) is 0 Å². The Bertz CT molecular complexity index is 978. The van der Waals surface area contributed by atoms with Crippen LogP contribution in [0.5, 0.6) is 0 Å². The molecule has 0 saturated heterocycles. The topological polar surface area (TPSA) is 61.8 Å². The fraction of sp³-hybridized carbons (Fsp3) is 0.200. The number of carbonyl (C=O) groups excluding carboxylic acids is 2. The van der Waals surface area contributed by atoms with E-state index in [1.165, 1.54) is 14.0 Å². The molecule has 154 valence electrons. The Morgan fingerprint density at radius 3 is 1.83 bits per heavy atom. The minimum atomic E-state index is -0.759. The van der Waals surface area contributed by atoms with E-state index < -0.39 is 12.3 Å². The van der Waals surface area contributed by atoms with Gasteiger partial charge in [0.2, 0.25) is 6.29 Å². The molecule has 0 aliphatic heterocycles. The minimum absolute atomic E-state index is 0.299. The quantitative estimate of drug-likeness (QED) is 0.385. The van der Waals surface area contributed by atoms with Crippen LogP contribution in [0.2, 0.25) is 0 Å². The lowest BCUT2D eigenvalue weighted by atomic mass is 10.0. The number of esters is 2. The second-order valence-corrected chi connectivity index (χ2v) is 6.83. The maximum absolute atomic E-state index is 12.5. The molecular weight excluding hydrogens is 380 g/mol. The highest BCUT2D eigenvalue weighted by Crippen LogP contribution is 2.25. The number of methoxy groups -OCH3 is 1. The number of hydrogen-bond acceptors (Lipinski definition) is 5. The first-order valence-corrected chi connectivity index (χ1v) is 9.64. The van der Waals surface area contributed by atoms with Crippen molar-refractivity contribution in [2.45, 2.75) is 26.2 Å². The lowest BCUT2D eigenvalue weighted by Crippen LogP contribution is -2.13. The fourth-order valence-corrected chi connectivity index (χ4v) is 3.09. The Balaban J connectivity index is 1.68. The summed E-state index contributed by atoms with van der Waals surface area (Å²) in [4.78, 5) is 23.6. The van der Waals surface area contributed by atoms with Crippen molar-refractivity contribution < 1.29 is 23.8 Å². The van der Waals surface area contributed by atoms with Gasteiger partial charge in [0.1, 0.15) is 6.10 Å². The zero-order valence-corrected chi connectivity index (χ0v) is 17.2. The number of benzene rings is 3. The van der Waals surface area contributed by atoms with Crippen molar-refractivity contribution in [3.63, 3.8) is 0 Å². The Hall–Kier alpha value is -3.44. The third-order valence-corrected chi connectivity index (χ3v) is 4.68. The van der Waals surface area contributed by atoms with Crippen molar-refractivity contribution in [3.05, 3.63) is 95.6 Å². The molecule has 5 nitrogen and oxygen atoms in total. The van der Waals surface area contributed by atoms with Gasteiger partial charge in [0.25, 0.3) is 0 Å². The summed E-state index contributed by atoms with van der Waals surface area (Å²) in [6, 6.07) is 24.3. The summed E-state index contributed by atoms with van der Waals surface area (Å²) >= 11 is 0. The Labute approximate surface area is 176 Å². The van der Waals surface area contributed by atoms with Crippen molar-refractivity contribution in [2.24, 2.45) is 0 Å². The molecule has 0 radical (unpaired) electrons. The summed E-state index contributed by atoms with van der Waals surface area (Å²) in [6.45, 7) is 3.23. The lowest BCUT2D eigenvalue weighted by Gasteiger charge is -2.16. The summed E-state index contributed by atoms with van der Waals surface area (Å²) < 4.78 is 16.0. The zero-order chi connectivity index (χ0) is 21.5. The van der Waals surface area contributed by atoms with Crippen LogP contribution in [0, 0.1) is 0 Å². The molecule has 30 heavy (non-hydrogen) atoms. The summed E-state index contributed by atoms with van der Waals surface area (Å²) in [5.41, 5.74) is 4.09. The van der Waals surface area contributed by atoms with Gasteiger partial charge in [-0.1, -0.05) is 66.7 Å². The van der Waals surface area contributed by atoms with E-state index in [1.54, 1.807) is 12.1 Å². The summed E-state index contributed by atoms with van der Waals surface area (Å²) in [5, 5.41) is 0. The summed E-state index contributed by atoms with van der Waals surface area (Å²) in [5.74, 6) is -0.764. The second kappa shape index (κ2) is 9.85. The third kappa shape index (κ3) is 5.33. The van der Waals surface area contributed by atoms with Crippen LogP contribution < -0.4 is 0 Å². The van der Waals surface area contributed by atoms with Gasteiger partial charge in [-0.3, -0.25) is 4.79 Å². The molecule has 2 unspecified atom stereocenters. The van der Waals surface area contributed by atoms with E-state index in [1.807, 2.05) is 73.7 Å². The summed E-state index contributed by atoms with van der Waals surface area (Å²) in [7, 11) is 1.50. The van der Waals surface area contributed by atoms with Crippen LogP contribution in [0.4, 0.5) is 0 Å². The van der Waals surface area contributed by atoms with E-state index in [4.69, 9.17) is 14.2 Å². The number of rotatable bonds is 7. The van der Waals surface area contributed by atoms with Crippen molar-refractivity contribution >= 4 is 11.9 Å². The molecule has 0 spiro atoms. The smallest absolute Gasteiger partial charge is 0.340 e. The van der Waals surface area contributed by atoms with Gasteiger partial charge in [0.05, 0.1) is 5.56 Å². The van der Waals surface area contributed by atoms with E-state index in [0.717, 1.165) is 22.3 Å². The van der Waals surface area contributed by atoms with Crippen LogP contribution >= 0.6 is 0 Å². The molecule has 0 amide bonds. The SMILES string of the molecule is COC(OC(=O)c1ccc(-c2ccc(C(C)OC(C)=O)cc2)cc1)c1ccccc1. The predicted octanol–water partition coefficient (Wildman–Crippen LogP) is 5.48. The van der Waals surface area contributed by atoms with Gasteiger partial charge in [-0.05, 0) is 35.7 Å². The molecular formula is C25H24O5. The number of hydrogen-bond donors (Lipinski definition) is 0. The molecule has 3 rings (SSSR count). The monoisotopic (exact) mass is 404 g/mol. The molecule has 3 aromatic rings. The van der Waals surface area contributed by atoms with Crippen LogP contribution in [0.1, 0.15) is 47.7 Å². The Morgan fingerprint density at radius 2 is 1.30 bits per heavy atom. The molecule has 3 aromatic carbocycles. The highest BCUT2D eigenvalue weighted by molar-refractivity contribution is 5.90. The molecule has 0 N–H and O–H groups in total. The lowest BCUT2D eigenvalue weighted by molar-refractivity contribution is -0.145.